The maximum Gasteiger partial charge on any atom is 0.337 e. The van der Waals surface area contributed by atoms with Gasteiger partial charge in [0.2, 0.25) is 0 Å². The van der Waals surface area contributed by atoms with Crippen molar-refractivity contribution >= 4 is 28.7 Å². The number of carbonyl (C=O) groups is 2. The molecule has 0 fully saturated rings. The Hall–Kier alpha value is -5.94. The molecule has 234 valence electrons. The lowest BCUT2D eigenvalue weighted by molar-refractivity contribution is -0.139. The van der Waals surface area contributed by atoms with Crippen LogP contribution in [0, 0.1) is 17.8 Å². The van der Waals surface area contributed by atoms with Gasteiger partial charge in [-0.15, -0.1) is 0 Å². The predicted octanol–water partition coefficient (Wildman–Crippen LogP) is 6.42. The van der Waals surface area contributed by atoms with Gasteiger partial charge in [0.05, 0.1) is 34.5 Å². The Kier molecular flexibility index (Phi) is 9.54. The van der Waals surface area contributed by atoms with Gasteiger partial charge in [0.1, 0.15) is 6.33 Å². The van der Waals surface area contributed by atoms with Crippen LogP contribution in [-0.4, -0.2) is 39.7 Å². The molecule has 6 rings (SSSR count). The van der Waals surface area contributed by atoms with Gasteiger partial charge >= 0.3 is 11.9 Å². The van der Waals surface area contributed by atoms with E-state index < -0.39 is 17.9 Å². The molecular formula is C39H34N4O4. The third-order valence-electron chi connectivity index (χ3n) is 8.00. The van der Waals surface area contributed by atoms with Gasteiger partial charge in [-0.3, -0.25) is 9.55 Å². The van der Waals surface area contributed by atoms with Crippen LogP contribution in [0.1, 0.15) is 37.0 Å². The van der Waals surface area contributed by atoms with Crippen molar-refractivity contribution in [2.75, 3.05) is 13.2 Å². The fraction of sp³-hybridized carbons (Fsp3) is 0.179. The van der Waals surface area contributed by atoms with Crippen LogP contribution in [0.3, 0.4) is 0 Å². The summed E-state index contributed by atoms with van der Waals surface area (Å²) in [7, 11) is 0. The van der Waals surface area contributed by atoms with Crippen LogP contribution < -0.4 is 5.32 Å². The minimum absolute atomic E-state index is 0.109. The summed E-state index contributed by atoms with van der Waals surface area (Å²) in [5.74, 6) is 4.24. The van der Waals surface area contributed by atoms with E-state index in [0.717, 1.165) is 33.4 Å². The minimum atomic E-state index is -0.595. The largest absolute Gasteiger partial charge is 0.463 e. The van der Waals surface area contributed by atoms with E-state index in [2.05, 4.69) is 27.1 Å². The third kappa shape index (κ3) is 7.00. The summed E-state index contributed by atoms with van der Waals surface area (Å²) < 4.78 is 13.3. The molecule has 47 heavy (non-hydrogen) atoms. The normalized spacial score (nSPS) is 14.3. The predicted molar refractivity (Wildman–Crippen MR) is 181 cm³/mol. The van der Waals surface area contributed by atoms with E-state index in [1.807, 2.05) is 96.4 Å². The number of fused-ring (bicyclic) bond motifs is 1. The van der Waals surface area contributed by atoms with E-state index >= 15 is 0 Å². The van der Waals surface area contributed by atoms with Gasteiger partial charge in [-0.25, -0.2) is 14.6 Å². The van der Waals surface area contributed by atoms with Gasteiger partial charge in [-0.1, -0.05) is 66.4 Å². The highest BCUT2D eigenvalue weighted by Gasteiger charge is 2.38. The van der Waals surface area contributed by atoms with Crippen LogP contribution >= 0.6 is 0 Å². The number of rotatable bonds is 9. The fourth-order valence-corrected chi connectivity index (χ4v) is 5.85. The van der Waals surface area contributed by atoms with Gasteiger partial charge in [-0.2, -0.15) is 0 Å². The second-order valence-corrected chi connectivity index (χ2v) is 11.0. The lowest BCUT2D eigenvalue weighted by Gasteiger charge is -2.31. The molecule has 1 unspecified atom stereocenters. The van der Waals surface area contributed by atoms with Gasteiger partial charge in [0, 0.05) is 40.8 Å². The van der Waals surface area contributed by atoms with Crippen LogP contribution in [0.4, 0.5) is 0 Å². The SMILES string of the molecule is CCOC(=O)C1=C(c2cccc(-n3cnc4ccccc43)c2)NC(C)=C(C(=O)OCC#Cc2cccnc2)C1CCc1ccccc1. The molecule has 3 aromatic carbocycles. The minimum Gasteiger partial charge on any atom is -0.463 e. The molecule has 0 radical (unpaired) electrons. The number of aromatic nitrogens is 3. The van der Waals surface area contributed by atoms with Crippen molar-refractivity contribution in [3.8, 4) is 17.5 Å². The summed E-state index contributed by atoms with van der Waals surface area (Å²) >= 11 is 0. The highest BCUT2D eigenvalue weighted by atomic mass is 16.5. The number of carbonyl (C=O) groups excluding carboxylic acids is 2. The van der Waals surface area contributed by atoms with Crippen LogP contribution in [0.2, 0.25) is 0 Å². The molecule has 0 bridgehead atoms. The lowest BCUT2D eigenvalue weighted by atomic mass is 9.80. The number of hydrogen-bond donors (Lipinski definition) is 1. The molecule has 8 nitrogen and oxygen atoms in total. The van der Waals surface area contributed by atoms with Crippen LogP contribution in [0.15, 0.2) is 127 Å². The zero-order chi connectivity index (χ0) is 32.6. The van der Waals surface area contributed by atoms with Crippen molar-refractivity contribution in [2.24, 2.45) is 5.92 Å². The Morgan fingerprint density at radius 3 is 2.53 bits per heavy atom. The molecule has 0 spiro atoms. The van der Waals surface area contributed by atoms with Crippen LogP contribution in [-0.2, 0) is 25.5 Å². The number of nitrogens with one attached hydrogen (secondary N) is 1. The number of hydrogen-bond acceptors (Lipinski definition) is 7. The molecule has 1 aliphatic rings. The number of benzene rings is 3. The summed E-state index contributed by atoms with van der Waals surface area (Å²) in [5.41, 5.74) is 7.30. The quantitative estimate of drug-likeness (QED) is 0.150. The van der Waals surface area contributed by atoms with E-state index in [1.54, 1.807) is 31.7 Å². The molecule has 0 saturated carbocycles. The van der Waals surface area contributed by atoms with Crippen molar-refractivity contribution in [1.82, 2.24) is 19.9 Å². The molecule has 0 amide bonds. The maximum atomic E-state index is 13.8. The van der Waals surface area contributed by atoms with Crippen molar-refractivity contribution in [2.45, 2.75) is 26.7 Å². The number of pyridine rings is 1. The Balaban J connectivity index is 1.39. The number of esters is 2. The Bertz CT molecular complexity index is 2030. The van der Waals surface area contributed by atoms with E-state index in [4.69, 9.17) is 9.47 Å². The zero-order valence-corrected chi connectivity index (χ0v) is 26.3. The average Bonchev–Trinajstić information content (AvgIpc) is 3.54. The average molecular weight is 623 g/mol. The third-order valence-corrected chi connectivity index (χ3v) is 8.00. The zero-order valence-electron chi connectivity index (χ0n) is 26.3. The van der Waals surface area contributed by atoms with E-state index in [0.29, 0.717) is 35.4 Å². The van der Waals surface area contributed by atoms with Gasteiger partial charge in [0.25, 0.3) is 0 Å². The summed E-state index contributed by atoms with van der Waals surface area (Å²) in [6.07, 6.45) is 6.23. The summed E-state index contributed by atoms with van der Waals surface area (Å²) in [5, 5.41) is 3.40. The number of dihydropyridines is 1. The first-order chi connectivity index (χ1) is 23.0. The molecule has 1 N–H and O–H groups in total. The lowest BCUT2D eigenvalue weighted by Crippen LogP contribution is -2.34. The highest BCUT2D eigenvalue weighted by Crippen LogP contribution is 2.38. The number of para-hydroxylation sites is 2. The number of imidazole rings is 1. The molecule has 1 aliphatic heterocycles. The summed E-state index contributed by atoms with van der Waals surface area (Å²) in [4.78, 5) is 36.2. The number of aryl methyl sites for hydroxylation is 1. The summed E-state index contributed by atoms with van der Waals surface area (Å²) in [6.45, 7) is 3.69. The molecule has 0 aliphatic carbocycles. The molecule has 3 heterocycles. The molecule has 1 atom stereocenters. The second kappa shape index (κ2) is 14.4. The highest BCUT2D eigenvalue weighted by molar-refractivity contribution is 6.03. The Morgan fingerprint density at radius 1 is 0.915 bits per heavy atom. The van der Waals surface area contributed by atoms with Crippen molar-refractivity contribution in [3.05, 3.63) is 143 Å². The van der Waals surface area contributed by atoms with Crippen molar-refractivity contribution in [1.29, 1.82) is 0 Å². The summed E-state index contributed by atoms with van der Waals surface area (Å²) in [6, 6.07) is 29.4. The van der Waals surface area contributed by atoms with Gasteiger partial charge in [0.15, 0.2) is 6.61 Å². The van der Waals surface area contributed by atoms with Crippen molar-refractivity contribution in [3.63, 3.8) is 0 Å². The molecular weight excluding hydrogens is 588 g/mol. The molecule has 0 saturated heterocycles. The fourth-order valence-electron chi connectivity index (χ4n) is 5.85. The molecule has 5 aromatic rings. The molecule has 8 heteroatoms. The van der Waals surface area contributed by atoms with Crippen LogP contribution in [0.25, 0.3) is 22.4 Å². The number of nitrogens with zero attached hydrogens (tertiary/aromatic N) is 3. The smallest absolute Gasteiger partial charge is 0.337 e. The van der Waals surface area contributed by atoms with E-state index in [9.17, 15) is 9.59 Å². The van der Waals surface area contributed by atoms with E-state index in [1.165, 1.54) is 0 Å². The first-order valence-electron chi connectivity index (χ1n) is 15.6. The Labute approximate surface area is 273 Å². The van der Waals surface area contributed by atoms with Crippen LogP contribution in [0.5, 0.6) is 0 Å². The number of allylic oxidation sites excluding steroid dienone is 1. The standard InChI is InChI=1S/C39H34N4O4/c1-3-46-39(45)36-32(21-20-28-12-5-4-6-13-28)35(38(44)47-23-11-15-29-14-10-22-40-25-29)27(2)42-37(36)30-16-9-17-31(24-30)43-26-41-33-18-7-8-19-34(33)43/h4-10,12-14,16-19,22,24-26,32,42H,3,20-21,23H2,1-2H3. The molecule has 2 aromatic heterocycles. The van der Waals surface area contributed by atoms with E-state index in [-0.39, 0.29) is 13.2 Å². The Morgan fingerprint density at radius 2 is 1.72 bits per heavy atom. The van der Waals surface area contributed by atoms with Crippen molar-refractivity contribution < 1.29 is 19.1 Å². The maximum absolute atomic E-state index is 13.8. The topological polar surface area (TPSA) is 95.3 Å². The van der Waals surface area contributed by atoms with Gasteiger partial charge < -0.3 is 14.8 Å². The second-order valence-electron chi connectivity index (χ2n) is 11.0. The van der Waals surface area contributed by atoms with Gasteiger partial charge in [-0.05, 0) is 68.7 Å². The monoisotopic (exact) mass is 622 g/mol. The first-order valence-corrected chi connectivity index (χ1v) is 15.6. The first kappa shape index (κ1) is 31.1. The number of ether oxygens (including phenoxy) is 2.